The smallest absolute Gasteiger partial charge is 0.0756 e. The summed E-state index contributed by atoms with van der Waals surface area (Å²) >= 11 is 0. The van der Waals surface area contributed by atoms with Gasteiger partial charge in [0.15, 0.2) is 0 Å². The van der Waals surface area contributed by atoms with Crippen LogP contribution in [0.2, 0.25) is 0 Å². The quantitative estimate of drug-likeness (QED) is 0.695. The van der Waals surface area contributed by atoms with E-state index in [-0.39, 0.29) is 0 Å². The number of ether oxygens (including phenoxy) is 1. The zero-order chi connectivity index (χ0) is 8.55. The highest BCUT2D eigenvalue weighted by molar-refractivity contribution is 5.00. The van der Waals surface area contributed by atoms with Crippen molar-refractivity contribution >= 4 is 0 Å². The summed E-state index contributed by atoms with van der Waals surface area (Å²) < 4.78 is 5.77. The van der Waals surface area contributed by atoms with Crippen molar-refractivity contribution in [2.75, 3.05) is 6.61 Å². The molecule has 4 unspecified atom stereocenters. The zero-order valence-corrected chi connectivity index (χ0v) is 7.83. The summed E-state index contributed by atoms with van der Waals surface area (Å²) in [5.74, 6) is 1.56. The third-order valence-electron chi connectivity index (χ3n) is 3.42. The minimum absolute atomic E-state index is 0.343. The van der Waals surface area contributed by atoms with E-state index in [1.165, 1.54) is 19.3 Å². The molecular formula is C10H19NO. The maximum Gasteiger partial charge on any atom is 0.0756 e. The molecule has 0 aromatic rings. The Balaban J connectivity index is 1.89. The number of hydrogen-bond acceptors (Lipinski definition) is 2. The van der Waals surface area contributed by atoms with E-state index in [1.807, 2.05) is 0 Å². The fourth-order valence-electron chi connectivity index (χ4n) is 2.78. The molecule has 0 aromatic carbocycles. The van der Waals surface area contributed by atoms with Crippen molar-refractivity contribution in [2.45, 2.75) is 44.8 Å². The maximum atomic E-state index is 6.08. The van der Waals surface area contributed by atoms with E-state index in [1.54, 1.807) is 0 Å². The van der Waals surface area contributed by atoms with Crippen molar-refractivity contribution in [3.63, 3.8) is 0 Å². The molecule has 0 radical (unpaired) electrons. The van der Waals surface area contributed by atoms with E-state index in [4.69, 9.17) is 10.5 Å². The Bertz CT molecular complexity index is 158. The lowest BCUT2D eigenvalue weighted by molar-refractivity contribution is 0.00502. The second-order valence-corrected chi connectivity index (χ2v) is 4.25. The first-order chi connectivity index (χ1) is 5.83. The normalized spacial score (nSPS) is 45.5. The van der Waals surface area contributed by atoms with Crippen molar-refractivity contribution < 1.29 is 4.74 Å². The van der Waals surface area contributed by atoms with Gasteiger partial charge >= 0.3 is 0 Å². The lowest BCUT2D eigenvalue weighted by Crippen LogP contribution is -2.41. The summed E-state index contributed by atoms with van der Waals surface area (Å²) in [5, 5.41) is 0. The summed E-state index contributed by atoms with van der Waals surface area (Å²) in [4.78, 5) is 0. The van der Waals surface area contributed by atoms with E-state index in [0.29, 0.717) is 12.1 Å². The molecule has 2 heteroatoms. The SMILES string of the molecule is CCCOC1C2CCC(C2)C1N. The molecular weight excluding hydrogens is 150 g/mol. The predicted octanol–water partition coefficient (Wildman–Crippen LogP) is 1.54. The van der Waals surface area contributed by atoms with Crippen LogP contribution in [0.5, 0.6) is 0 Å². The number of nitrogens with two attached hydrogens (primary N) is 1. The monoisotopic (exact) mass is 169 g/mol. The van der Waals surface area contributed by atoms with Crippen molar-refractivity contribution in [1.82, 2.24) is 0 Å². The van der Waals surface area contributed by atoms with E-state index < -0.39 is 0 Å². The second-order valence-electron chi connectivity index (χ2n) is 4.25. The van der Waals surface area contributed by atoms with Gasteiger partial charge in [0.25, 0.3) is 0 Å². The molecule has 2 nitrogen and oxygen atoms in total. The van der Waals surface area contributed by atoms with Gasteiger partial charge in [-0.15, -0.1) is 0 Å². The van der Waals surface area contributed by atoms with Gasteiger partial charge in [0.05, 0.1) is 6.10 Å². The molecule has 0 heterocycles. The summed E-state index contributed by atoms with van der Waals surface area (Å²) in [6.07, 6.45) is 5.53. The summed E-state index contributed by atoms with van der Waals surface area (Å²) in [6, 6.07) is 0.343. The molecule has 12 heavy (non-hydrogen) atoms. The van der Waals surface area contributed by atoms with Crippen LogP contribution in [0.15, 0.2) is 0 Å². The third kappa shape index (κ3) is 1.27. The van der Waals surface area contributed by atoms with Crippen LogP contribution < -0.4 is 5.73 Å². The Morgan fingerprint density at radius 3 is 2.67 bits per heavy atom. The van der Waals surface area contributed by atoms with E-state index in [9.17, 15) is 0 Å². The molecule has 70 valence electrons. The van der Waals surface area contributed by atoms with Gasteiger partial charge in [-0.05, 0) is 37.5 Å². The standard InChI is InChI=1S/C10H19NO/c1-2-5-12-10-8-4-3-7(6-8)9(10)11/h7-10H,2-6,11H2,1H3. The summed E-state index contributed by atoms with van der Waals surface area (Å²) in [6.45, 7) is 3.04. The molecule has 2 saturated carbocycles. The van der Waals surface area contributed by atoms with Crippen LogP contribution in [0, 0.1) is 11.8 Å². The van der Waals surface area contributed by atoms with Gasteiger partial charge in [-0.1, -0.05) is 6.92 Å². The van der Waals surface area contributed by atoms with Crippen LogP contribution in [-0.4, -0.2) is 18.8 Å². The van der Waals surface area contributed by atoms with Crippen LogP contribution in [0.25, 0.3) is 0 Å². The maximum absolute atomic E-state index is 6.08. The van der Waals surface area contributed by atoms with Crippen LogP contribution in [0.3, 0.4) is 0 Å². The molecule has 2 aliphatic carbocycles. The zero-order valence-electron chi connectivity index (χ0n) is 7.83. The fraction of sp³-hybridized carbons (Fsp3) is 1.00. The average molecular weight is 169 g/mol. The Morgan fingerprint density at radius 1 is 1.33 bits per heavy atom. The lowest BCUT2D eigenvalue weighted by atomic mass is 9.93. The Hall–Kier alpha value is -0.0800. The largest absolute Gasteiger partial charge is 0.376 e. The van der Waals surface area contributed by atoms with Gasteiger partial charge in [-0.25, -0.2) is 0 Å². The van der Waals surface area contributed by atoms with Crippen LogP contribution >= 0.6 is 0 Å². The van der Waals surface area contributed by atoms with Gasteiger partial charge in [0, 0.05) is 12.6 Å². The van der Waals surface area contributed by atoms with Gasteiger partial charge in [0.1, 0.15) is 0 Å². The van der Waals surface area contributed by atoms with Gasteiger partial charge < -0.3 is 10.5 Å². The molecule has 2 rings (SSSR count). The minimum Gasteiger partial charge on any atom is -0.376 e. The first-order valence-corrected chi connectivity index (χ1v) is 5.20. The molecule has 0 aliphatic heterocycles. The number of hydrogen-bond donors (Lipinski definition) is 1. The van der Waals surface area contributed by atoms with Crippen LogP contribution in [-0.2, 0) is 4.74 Å². The van der Waals surface area contributed by atoms with Gasteiger partial charge in [0.2, 0.25) is 0 Å². The van der Waals surface area contributed by atoms with E-state index in [0.717, 1.165) is 24.9 Å². The van der Waals surface area contributed by atoms with Gasteiger partial charge in [-0.2, -0.15) is 0 Å². The molecule has 2 bridgehead atoms. The topological polar surface area (TPSA) is 35.2 Å². The molecule has 0 spiro atoms. The van der Waals surface area contributed by atoms with Crippen LogP contribution in [0.1, 0.15) is 32.6 Å². The Labute approximate surface area is 74.5 Å². The highest BCUT2D eigenvalue weighted by atomic mass is 16.5. The van der Waals surface area contributed by atoms with E-state index in [2.05, 4.69) is 6.92 Å². The molecule has 2 N–H and O–H groups in total. The summed E-state index contributed by atoms with van der Waals surface area (Å²) in [7, 11) is 0. The molecule has 0 saturated heterocycles. The second kappa shape index (κ2) is 3.35. The number of fused-ring (bicyclic) bond motifs is 2. The first kappa shape index (κ1) is 8.52. The van der Waals surface area contributed by atoms with Crippen molar-refractivity contribution in [1.29, 1.82) is 0 Å². The molecule has 0 aromatic heterocycles. The molecule has 2 aliphatic rings. The fourth-order valence-corrected chi connectivity index (χ4v) is 2.78. The third-order valence-corrected chi connectivity index (χ3v) is 3.42. The first-order valence-electron chi connectivity index (χ1n) is 5.20. The Morgan fingerprint density at radius 2 is 2.08 bits per heavy atom. The molecule has 0 amide bonds. The van der Waals surface area contributed by atoms with Gasteiger partial charge in [-0.3, -0.25) is 0 Å². The Kier molecular flexibility index (Phi) is 2.37. The minimum atomic E-state index is 0.343. The van der Waals surface area contributed by atoms with E-state index >= 15 is 0 Å². The van der Waals surface area contributed by atoms with Crippen molar-refractivity contribution in [3.05, 3.63) is 0 Å². The van der Waals surface area contributed by atoms with Crippen molar-refractivity contribution in [3.8, 4) is 0 Å². The molecule has 4 atom stereocenters. The molecule has 2 fully saturated rings. The average Bonchev–Trinajstić information content (AvgIpc) is 2.62. The van der Waals surface area contributed by atoms with Crippen molar-refractivity contribution in [2.24, 2.45) is 17.6 Å². The highest BCUT2D eigenvalue weighted by Crippen LogP contribution is 2.45. The highest BCUT2D eigenvalue weighted by Gasteiger charge is 2.46. The summed E-state index contributed by atoms with van der Waals surface area (Å²) in [5.41, 5.74) is 6.08. The lowest BCUT2D eigenvalue weighted by Gasteiger charge is -2.27. The number of rotatable bonds is 3. The van der Waals surface area contributed by atoms with Crippen LogP contribution in [0.4, 0.5) is 0 Å². The predicted molar refractivity (Wildman–Crippen MR) is 48.8 cm³/mol.